The minimum atomic E-state index is -5.84. The molecule has 0 bridgehead atoms. The fourth-order valence-corrected chi connectivity index (χ4v) is 1.31. The van der Waals surface area contributed by atoms with Crippen LogP contribution in [0.5, 0.6) is 0 Å². The number of hydrogen-bond donors (Lipinski definition) is 1. The predicted octanol–water partition coefficient (Wildman–Crippen LogP) is 2.24. The van der Waals surface area contributed by atoms with Crippen molar-refractivity contribution in [2.45, 2.75) is 43.8 Å². The van der Waals surface area contributed by atoms with E-state index in [0.717, 1.165) is 0 Å². The number of amides is 1. The van der Waals surface area contributed by atoms with E-state index in [-0.39, 0.29) is 0 Å². The Morgan fingerprint density at radius 2 is 1.67 bits per heavy atom. The van der Waals surface area contributed by atoms with Gasteiger partial charge in [-0.2, -0.15) is 22.0 Å². The van der Waals surface area contributed by atoms with E-state index in [1.165, 1.54) is 6.92 Å². The van der Waals surface area contributed by atoms with Crippen LogP contribution in [0.2, 0.25) is 0 Å². The van der Waals surface area contributed by atoms with Crippen molar-refractivity contribution in [3.8, 4) is 0 Å². The summed E-state index contributed by atoms with van der Waals surface area (Å²) < 4.78 is 60.3. The molecule has 15 heavy (non-hydrogen) atoms. The molecule has 88 valence electrons. The Kier molecular flexibility index (Phi) is 2.69. The highest BCUT2D eigenvalue weighted by atomic mass is 19.4. The van der Waals surface area contributed by atoms with Crippen molar-refractivity contribution in [2.75, 3.05) is 0 Å². The third-order valence-electron chi connectivity index (χ3n) is 2.51. The lowest BCUT2D eigenvalue weighted by Crippen LogP contribution is -2.59. The normalized spacial score (nSPS) is 20.7. The van der Waals surface area contributed by atoms with Crippen LogP contribution in [-0.4, -0.2) is 23.5 Å². The van der Waals surface area contributed by atoms with Crippen LogP contribution < -0.4 is 5.32 Å². The minimum absolute atomic E-state index is 0.423. The van der Waals surface area contributed by atoms with Crippen molar-refractivity contribution in [1.82, 2.24) is 5.32 Å². The van der Waals surface area contributed by atoms with Crippen molar-refractivity contribution in [2.24, 2.45) is 0 Å². The summed E-state index contributed by atoms with van der Waals surface area (Å²) in [6.07, 6.45) is -4.27. The summed E-state index contributed by atoms with van der Waals surface area (Å²) in [5.74, 6) is -7.58. The molecule has 7 heteroatoms. The smallest absolute Gasteiger partial charge is 0.345 e. The van der Waals surface area contributed by atoms with Gasteiger partial charge in [0.05, 0.1) is 0 Å². The van der Waals surface area contributed by atoms with Crippen molar-refractivity contribution in [1.29, 1.82) is 0 Å². The van der Waals surface area contributed by atoms with Crippen molar-refractivity contribution < 1.29 is 26.7 Å². The summed E-state index contributed by atoms with van der Waals surface area (Å²) in [4.78, 5) is 10.7. The monoisotopic (exact) mass is 231 g/mol. The zero-order valence-corrected chi connectivity index (χ0v) is 7.92. The Morgan fingerprint density at radius 3 is 1.93 bits per heavy atom. The SMILES string of the molecule is CC1(NC(=O)C(F)(F)C(F)(F)F)CCC1. The zero-order valence-electron chi connectivity index (χ0n) is 7.92. The van der Waals surface area contributed by atoms with Gasteiger partial charge in [0, 0.05) is 5.54 Å². The van der Waals surface area contributed by atoms with Gasteiger partial charge in [0.15, 0.2) is 0 Å². The van der Waals surface area contributed by atoms with Crippen LogP contribution in [0.15, 0.2) is 0 Å². The highest BCUT2D eigenvalue weighted by Gasteiger charge is 2.64. The average Bonchev–Trinajstić information content (AvgIpc) is 1.99. The molecule has 1 amide bonds. The van der Waals surface area contributed by atoms with Crippen LogP contribution in [-0.2, 0) is 4.79 Å². The largest absolute Gasteiger partial charge is 0.463 e. The molecular weight excluding hydrogens is 221 g/mol. The molecule has 0 atom stereocenters. The lowest BCUT2D eigenvalue weighted by atomic mass is 9.78. The van der Waals surface area contributed by atoms with E-state index in [1.807, 2.05) is 0 Å². The molecule has 0 heterocycles. The molecule has 1 N–H and O–H groups in total. The average molecular weight is 231 g/mol. The molecule has 1 saturated carbocycles. The number of rotatable bonds is 2. The maximum Gasteiger partial charge on any atom is 0.463 e. The molecule has 0 aromatic carbocycles. The van der Waals surface area contributed by atoms with Gasteiger partial charge in [-0.05, 0) is 26.2 Å². The van der Waals surface area contributed by atoms with E-state index < -0.39 is 23.5 Å². The summed E-state index contributed by atoms with van der Waals surface area (Å²) in [6, 6.07) is 0. The predicted molar refractivity (Wildman–Crippen MR) is 41.4 cm³/mol. The number of carbonyl (C=O) groups is 1. The van der Waals surface area contributed by atoms with Gasteiger partial charge in [0.1, 0.15) is 0 Å². The van der Waals surface area contributed by atoms with Gasteiger partial charge < -0.3 is 5.32 Å². The van der Waals surface area contributed by atoms with Gasteiger partial charge in [0.2, 0.25) is 0 Å². The van der Waals surface area contributed by atoms with Crippen LogP contribution in [0.25, 0.3) is 0 Å². The molecule has 0 spiro atoms. The maximum atomic E-state index is 12.5. The molecule has 1 fully saturated rings. The fraction of sp³-hybridized carbons (Fsp3) is 0.875. The lowest BCUT2D eigenvalue weighted by molar-refractivity contribution is -0.270. The molecule has 0 aromatic rings. The summed E-state index contributed by atoms with van der Waals surface area (Å²) in [5.41, 5.74) is -0.911. The van der Waals surface area contributed by atoms with E-state index in [9.17, 15) is 26.7 Å². The summed E-state index contributed by atoms with van der Waals surface area (Å²) >= 11 is 0. The zero-order chi connectivity index (χ0) is 11.9. The molecule has 0 unspecified atom stereocenters. The van der Waals surface area contributed by atoms with E-state index in [0.29, 0.717) is 19.3 Å². The molecule has 1 aliphatic carbocycles. The Hall–Kier alpha value is -0.880. The van der Waals surface area contributed by atoms with Gasteiger partial charge >= 0.3 is 18.0 Å². The molecular formula is C8H10F5NO. The first-order valence-electron chi connectivity index (χ1n) is 4.36. The number of nitrogens with one attached hydrogen (secondary N) is 1. The number of hydrogen-bond acceptors (Lipinski definition) is 1. The first-order valence-corrected chi connectivity index (χ1v) is 4.36. The molecule has 0 saturated heterocycles. The van der Waals surface area contributed by atoms with Gasteiger partial charge in [-0.15, -0.1) is 0 Å². The Balaban J connectivity index is 2.68. The number of carbonyl (C=O) groups excluding carboxylic acids is 1. The quantitative estimate of drug-likeness (QED) is 0.725. The van der Waals surface area contributed by atoms with Crippen LogP contribution >= 0.6 is 0 Å². The van der Waals surface area contributed by atoms with Gasteiger partial charge in [0.25, 0.3) is 0 Å². The maximum absolute atomic E-state index is 12.5. The van der Waals surface area contributed by atoms with E-state index >= 15 is 0 Å². The highest BCUT2D eigenvalue weighted by molar-refractivity contribution is 5.85. The first kappa shape index (κ1) is 12.2. The summed E-state index contributed by atoms with van der Waals surface area (Å²) in [5, 5.41) is 1.73. The van der Waals surface area contributed by atoms with Crippen LogP contribution in [0, 0.1) is 0 Å². The van der Waals surface area contributed by atoms with Crippen LogP contribution in [0.1, 0.15) is 26.2 Å². The fourth-order valence-electron chi connectivity index (χ4n) is 1.31. The minimum Gasteiger partial charge on any atom is -0.345 e. The van der Waals surface area contributed by atoms with Crippen molar-refractivity contribution in [3.05, 3.63) is 0 Å². The second kappa shape index (κ2) is 3.31. The topological polar surface area (TPSA) is 29.1 Å². The highest BCUT2D eigenvalue weighted by Crippen LogP contribution is 2.38. The Bertz CT molecular complexity index is 269. The molecule has 1 aliphatic rings. The molecule has 0 aliphatic heterocycles. The van der Waals surface area contributed by atoms with Gasteiger partial charge in [-0.25, -0.2) is 0 Å². The van der Waals surface area contributed by atoms with E-state index in [2.05, 4.69) is 0 Å². The first-order chi connectivity index (χ1) is 6.58. The van der Waals surface area contributed by atoms with Gasteiger partial charge in [-0.3, -0.25) is 4.79 Å². The third kappa shape index (κ3) is 2.21. The number of alkyl halides is 5. The molecule has 1 rings (SSSR count). The molecule has 2 nitrogen and oxygen atoms in total. The standard InChI is InChI=1S/C8H10F5NO/c1-6(3-2-4-6)14-5(15)7(9,10)8(11,12)13/h2-4H2,1H3,(H,14,15). The van der Waals surface area contributed by atoms with Crippen molar-refractivity contribution >= 4 is 5.91 Å². The lowest BCUT2D eigenvalue weighted by Gasteiger charge is -2.40. The number of halogens is 5. The van der Waals surface area contributed by atoms with E-state index in [4.69, 9.17) is 0 Å². The van der Waals surface area contributed by atoms with Crippen LogP contribution in [0.4, 0.5) is 22.0 Å². The Labute approximate surface area is 82.8 Å². The van der Waals surface area contributed by atoms with E-state index in [1.54, 1.807) is 5.32 Å². The van der Waals surface area contributed by atoms with Crippen molar-refractivity contribution in [3.63, 3.8) is 0 Å². The third-order valence-corrected chi connectivity index (χ3v) is 2.51. The molecule has 0 aromatic heterocycles. The van der Waals surface area contributed by atoms with Gasteiger partial charge in [-0.1, -0.05) is 0 Å². The Morgan fingerprint density at radius 1 is 1.20 bits per heavy atom. The molecule has 0 radical (unpaired) electrons. The summed E-state index contributed by atoms with van der Waals surface area (Å²) in [6.45, 7) is 1.45. The second-order valence-corrected chi connectivity index (χ2v) is 3.94. The van der Waals surface area contributed by atoms with Crippen LogP contribution in [0.3, 0.4) is 0 Å². The summed E-state index contributed by atoms with van der Waals surface area (Å²) in [7, 11) is 0. The second-order valence-electron chi connectivity index (χ2n) is 3.94.